The molecule has 0 fully saturated rings. The Morgan fingerprint density at radius 2 is 1.71 bits per heavy atom. The summed E-state index contributed by atoms with van der Waals surface area (Å²) in [6.07, 6.45) is 0. The first-order valence-electron chi connectivity index (χ1n) is 9.93. The van der Waals surface area contributed by atoms with Gasteiger partial charge in [0.1, 0.15) is 12.3 Å². The van der Waals surface area contributed by atoms with E-state index in [0.717, 1.165) is 5.56 Å². The molecule has 2 amide bonds. The van der Waals surface area contributed by atoms with Crippen molar-refractivity contribution >= 4 is 34.2 Å². The molecule has 0 aliphatic heterocycles. The third-order valence-corrected chi connectivity index (χ3v) is 4.50. The topological polar surface area (TPSA) is 93.7 Å². The van der Waals surface area contributed by atoms with Gasteiger partial charge in [-0.15, -0.1) is 0 Å². The van der Waals surface area contributed by atoms with E-state index in [9.17, 15) is 14.4 Å². The average Bonchev–Trinajstić information content (AvgIpc) is 2.76. The van der Waals surface area contributed by atoms with Crippen LogP contribution in [0.1, 0.15) is 22.8 Å². The Labute approximate surface area is 180 Å². The number of carbonyl (C=O) groups excluding carboxylic acids is 3. The molecule has 0 atom stereocenters. The maximum absolute atomic E-state index is 12.9. The third kappa shape index (κ3) is 5.82. The minimum absolute atomic E-state index is 0.213. The summed E-state index contributed by atoms with van der Waals surface area (Å²) in [5.41, 5.74) is 2.26. The summed E-state index contributed by atoms with van der Waals surface area (Å²) in [4.78, 5) is 36.2. The first-order chi connectivity index (χ1) is 15.0. The molecule has 0 spiro atoms. The van der Waals surface area contributed by atoms with E-state index in [1.807, 2.05) is 55.5 Å². The summed E-state index contributed by atoms with van der Waals surface area (Å²) in [6.45, 7) is 3.42. The zero-order valence-electron chi connectivity index (χ0n) is 17.4. The summed E-state index contributed by atoms with van der Waals surface area (Å²) < 4.78 is 10.4. The lowest BCUT2D eigenvalue weighted by Crippen LogP contribution is -2.34. The predicted octanol–water partition coefficient (Wildman–Crippen LogP) is 3.46. The van der Waals surface area contributed by atoms with Crippen LogP contribution in [0.25, 0.3) is 10.8 Å². The lowest BCUT2D eigenvalue weighted by molar-refractivity contribution is -0.143. The van der Waals surface area contributed by atoms with Crippen LogP contribution in [-0.4, -0.2) is 37.5 Å². The van der Waals surface area contributed by atoms with Gasteiger partial charge in [0.25, 0.3) is 11.8 Å². The molecule has 7 heteroatoms. The average molecular weight is 420 g/mol. The Balaban J connectivity index is 1.73. The molecule has 3 rings (SSSR count). The van der Waals surface area contributed by atoms with Gasteiger partial charge in [-0.1, -0.05) is 36.4 Å². The largest absolute Gasteiger partial charge is 0.483 e. The van der Waals surface area contributed by atoms with Crippen LogP contribution in [0.5, 0.6) is 5.75 Å². The molecule has 0 aliphatic rings. The fourth-order valence-electron chi connectivity index (χ4n) is 3.09. The van der Waals surface area contributed by atoms with Crippen LogP contribution in [-0.2, 0) is 14.3 Å². The molecule has 0 saturated carbocycles. The molecule has 31 heavy (non-hydrogen) atoms. The Morgan fingerprint density at radius 1 is 0.935 bits per heavy atom. The lowest BCUT2D eigenvalue weighted by atomic mass is 10.0. The number of benzene rings is 3. The Morgan fingerprint density at radius 3 is 2.45 bits per heavy atom. The molecule has 0 aromatic heterocycles. The Kier molecular flexibility index (Phi) is 7.22. The van der Waals surface area contributed by atoms with Gasteiger partial charge in [-0.2, -0.15) is 0 Å². The summed E-state index contributed by atoms with van der Waals surface area (Å²) in [5.74, 6) is -0.724. The molecule has 0 radical (unpaired) electrons. The normalized spacial score (nSPS) is 10.4. The minimum Gasteiger partial charge on any atom is -0.483 e. The quantitative estimate of drug-likeness (QED) is 0.545. The number of esters is 1. The first-order valence-corrected chi connectivity index (χ1v) is 9.93. The standard InChI is InChI=1S/C24H24N2O5/c1-3-30-23(28)14-25-22(27)15-31-21-12-11-20(18-9-4-5-10-19(18)21)24(29)26-17-8-6-7-16(2)13-17/h4-13H,3,14-15H2,1-2H3,(H,25,27)(H,26,29). The fraction of sp³-hybridized carbons (Fsp3) is 0.208. The molecule has 7 nitrogen and oxygen atoms in total. The van der Waals surface area contributed by atoms with Crippen LogP contribution in [0.4, 0.5) is 5.69 Å². The number of ether oxygens (including phenoxy) is 2. The number of carbonyl (C=O) groups is 3. The summed E-state index contributed by atoms with van der Waals surface area (Å²) in [5, 5.41) is 6.77. The number of amides is 2. The summed E-state index contributed by atoms with van der Waals surface area (Å²) in [7, 11) is 0. The molecule has 0 unspecified atom stereocenters. The highest BCUT2D eigenvalue weighted by Gasteiger charge is 2.14. The van der Waals surface area contributed by atoms with Crippen LogP contribution in [0, 0.1) is 6.92 Å². The SMILES string of the molecule is CCOC(=O)CNC(=O)COc1ccc(C(=O)Nc2cccc(C)c2)c2ccccc12. The Bertz CT molecular complexity index is 1110. The van der Waals surface area contributed by atoms with Crippen LogP contribution in [0.15, 0.2) is 60.7 Å². The van der Waals surface area contributed by atoms with E-state index in [1.165, 1.54) is 0 Å². The predicted molar refractivity (Wildman–Crippen MR) is 118 cm³/mol. The second kappa shape index (κ2) is 10.2. The van der Waals surface area contributed by atoms with E-state index in [0.29, 0.717) is 27.8 Å². The van der Waals surface area contributed by atoms with E-state index in [4.69, 9.17) is 9.47 Å². The van der Waals surface area contributed by atoms with Gasteiger partial charge in [-0.05, 0) is 49.1 Å². The van der Waals surface area contributed by atoms with E-state index in [1.54, 1.807) is 19.1 Å². The van der Waals surface area contributed by atoms with Gasteiger partial charge in [0.15, 0.2) is 6.61 Å². The first kappa shape index (κ1) is 21.8. The number of fused-ring (bicyclic) bond motifs is 1. The highest BCUT2D eigenvalue weighted by molar-refractivity contribution is 6.14. The molecule has 0 aliphatic carbocycles. The van der Waals surface area contributed by atoms with Crippen molar-refractivity contribution < 1.29 is 23.9 Å². The van der Waals surface area contributed by atoms with Crippen molar-refractivity contribution in [3.8, 4) is 5.75 Å². The van der Waals surface area contributed by atoms with Gasteiger partial charge in [-0.25, -0.2) is 0 Å². The highest BCUT2D eigenvalue weighted by atomic mass is 16.5. The number of anilines is 1. The van der Waals surface area contributed by atoms with Crippen LogP contribution in [0.3, 0.4) is 0 Å². The van der Waals surface area contributed by atoms with Crippen LogP contribution in [0.2, 0.25) is 0 Å². The van der Waals surface area contributed by atoms with Gasteiger partial charge in [0.05, 0.1) is 6.61 Å². The number of nitrogens with one attached hydrogen (secondary N) is 2. The van der Waals surface area contributed by atoms with Crippen molar-refractivity contribution in [3.05, 3.63) is 71.8 Å². The van der Waals surface area contributed by atoms with Crippen molar-refractivity contribution in [3.63, 3.8) is 0 Å². The zero-order chi connectivity index (χ0) is 22.2. The van der Waals surface area contributed by atoms with E-state index >= 15 is 0 Å². The fourth-order valence-corrected chi connectivity index (χ4v) is 3.09. The molecule has 3 aromatic rings. The van der Waals surface area contributed by atoms with Crippen LogP contribution < -0.4 is 15.4 Å². The van der Waals surface area contributed by atoms with Crippen molar-refractivity contribution in [1.82, 2.24) is 5.32 Å². The minimum atomic E-state index is -0.509. The maximum atomic E-state index is 12.9. The molecule has 0 bridgehead atoms. The smallest absolute Gasteiger partial charge is 0.325 e. The second-order valence-corrected chi connectivity index (χ2v) is 6.85. The van der Waals surface area contributed by atoms with Gasteiger partial charge >= 0.3 is 5.97 Å². The zero-order valence-corrected chi connectivity index (χ0v) is 17.4. The summed E-state index contributed by atoms with van der Waals surface area (Å²) >= 11 is 0. The molecule has 160 valence electrons. The number of rotatable bonds is 8. The highest BCUT2D eigenvalue weighted by Crippen LogP contribution is 2.29. The summed E-state index contributed by atoms with van der Waals surface area (Å²) in [6, 6.07) is 18.2. The second-order valence-electron chi connectivity index (χ2n) is 6.85. The van der Waals surface area contributed by atoms with Crippen molar-refractivity contribution in [1.29, 1.82) is 0 Å². The van der Waals surface area contributed by atoms with Gasteiger partial charge in [-0.3, -0.25) is 14.4 Å². The van der Waals surface area contributed by atoms with E-state index in [-0.39, 0.29) is 25.7 Å². The van der Waals surface area contributed by atoms with Crippen LogP contribution >= 0.6 is 0 Å². The molecular weight excluding hydrogens is 396 g/mol. The number of aryl methyl sites for hydroxylation is 1. The van der Waals surface area contributed by atoms with Gasteiger partial charge in [0.2, 0.25) is 0 Å². The lowest BCUT2D eigenvalue weighted by Gasteiger charge is -2.13. The van der Waals surface area contributed by atoms with Crippen molar-refractivity contribution in [2.75, 3.05) is 25.1 Å². The van der Waals surface area contributed by atoms with Gasteiger partial charge < -0.3 is 20.1 Å². The van der Waals surface area contributed by atoms with E-state index in [2.05, 4.69) is 10.6 Å². The third-order valence-electron chi connectivity index (χ3n) is 4.50. The molecule has 0 heterocycles. The van der Waals surface area contributed by atoms with Crippen molar-refractivity contribution in [2.24, 2.45) is 0 Å². The molecular formula is C24H24N2O5. The van der Waals surface area contributed by atoms with E-state index < -0.39 is 11.9 Å². The number of hydrogen-bond acceptors (Lipinski definition) is 5. The maximum Gasteiger partial charge on any atom is 0.325 e. The monoisotopic (exact) mass is 420 g/mol. The molecule has 2 N–H and O–H groups in total. The number of hydrogen-bond donors (Lipinski definition) is 2. The molecule has 0 saturated heterocycles. The Hall–Kier alpha value is -3.87. The van der Waals surface area contributed by atoms with Gasteiger partial charge in [0, 0.05) is 16.6 Å². The van der Waals surface area contributed by atoms with Crippen molar-refractivity contribution in [2.45, 2.75) is 13.8 Å². The molecule has 3 aromatic carbocycles.